The summed E-state index contributed by atoms with van der Waals surface area (Å²) in [5, 5.41) is 7.85. The Morgan fingerprint density at radius 2 is 1.86 bits per heavy atom. The van der Waals surface area contributed by atoms with Crippen molar-refractivity contribution >= 4 is 50.0 Å². The molecular weight excluding hydrogens is 456 g/mol. The summed E-state index contributed by atoms with van der Waals surface area (Å²) in [5.74, 6) is 0.823. The number of hydrogen-bond acceptors (Lipinski definition) is 4. The number of fused-ring (bicyclic) bond motifs is 3. The first-order valence-corrected chi connectivity index (χ1v) is 12.6. The summed E-state index contributed by atoms with van der Waals surface area (Å²) in [7, 11) is 1.69. The molecule has 0 radical (unpaired) electrons. The van der Waals surface area contributed by atoms with Crippen LogP contribution in [0.5, 0.6) is 5.75 Å². The van der Waals surface area contributed by atoms with Gasteiger partial charge >= 0.3 is 0 Å². The minimum atomic E-state index is 0.691. The van der Waals surface area contributed by atoms with Gasteiger partial charge in [0.25, 0.3) is 0 Å². The summed E-state index contributed by atoms with van der Waals surface area (Å²) in [6.07, 6.45) is 4.32. The molecule has 0 unspecified atom stereocenters. The van der Waals surface area contributed by atoms with Gasteiger partial charge in [-0.15, -0.1) is 0 Å². The second-order valence-electron chi connectivity index (χ2n) is 8.95. The Kier molecular flexibility index (Phi) is 7.07. The molecule has 180 valence electrons. The van der Waals surface area contributed by atoms with Crippen molar-refractivity contribution < 1.29 is 4.74 Å². The summed E-state index contributed by atoms with van der Waals surface area (Å²) >= 11 is 6.27. The molecular formula is C29H31ClN4O. The van der Waals surface area contributed by atoms with Crippen LogP contribution in [0, 0.1) is 0 Å². The van der Waals surface area contributed by atoms with Crippen LogP contribution in [0.15, 0.2) is 66.9 Å². The van der Waals surface area contributed by atoms with Gasteiger partial charge in [-0.3, -0.25) is 4.90 Å². The van der Waals surface area contributed by atoms with E-state index in [0.717, 1.165) is 72.3 Å². The quantitative estimate of drug-likeness (QED) is 0.161. The highest BCUT2D eigenvalue weighted by molar-refractivity contribution is 6.31. The number of aromatic nitrogens is 2. The average molecular weight is 487 g/mol. The van der Waals surface area contributed by atoms with E-state index in [1.165, 1.54) is 16.5 Å². The first-order chi connectivity index (χ1) is 17.2. The molecule has 5 aromatic rings. The smallest absolute Gasteiger partial charge is 0.119 e. The van der Waals surface area contributed by atoms with Gasteiger partial charge in [0.2, 0.25) is 0 Å². The van der Waals surface area contributed by atoms with E-state index in [1.807, 2.05) is 30.3 Å². The molecule has 5 nitrogen and oxygen atoms in total. The third kappa shape index (κ3) is 5.07. The molecule has 2 heterocycles. The highest BCUT2D eigenvalue weighted by atomic mass is 35.5. The van der Waals surface area contributed by atoms with Gasteiger partial charge in [0, 0.05) is 52.5 Å². The van der Waals surface area contributed by atoms with E-state index in [4.69, 9.17) is 21.3 Å². The Bertz CT molecular complexity index is 1460. The van der Waals surface area contributed by atoms with Crippen LogP contribution < -0.4 is 10.1 Å². The fourth-order valence-corrected chi connectivity index (χ4v) is 4.99. The molecule has 5 rings (SSSR count). The number of methoxy groups -OCH3 is 1. The van der Waals surface area contributed by atoms with Crippen molar-refractivity contribution in [3.8, 4) is 5.75 Å². The Hall–Kier alpha value is -3.28. The predicted molar refractivity (Wildman–Crippen MR) is 148 cm³/mol. The molecule has 0 saturated carbocycles. The molecule has 0 saturated heterocycles. The summed E-state index contributed by atoms with van der Waals surface area (Å²) < 4.78 is 5.49. The fourth-order valence-electron chi connectivity index (χ4n) is 4.82. The number of hydrogen-bond donors (Lipinski definition) is 2. The number of halogens is 1. The topological polar surface area (TPSA) is 53.2 Å². The van der Waals surface area contributed by atoms with Gasteiger partial charge < -0.3 is 15.0 Å². The summed E-state index contributed by atoms with van der Waals surface area (Å²) in [4.78, 5) is 10.8. The number of aromatic amines is 1. The van der Waals surface area contributed by atoms with Crippen LogP contribution in [-0.4, -0.2) is 41.6 Å². The standard InChI is InChI=1S/C29H31ClN4O/c1-3-14-34(19-20-18-32-26-8-5-4-7-23(20)26)15-6-13-31-29-24-11-9-21(30)16-28(24)33-27-12-10-22(35-2)17-25(27)29/h4-5,7-12,16-18,32H,3,6,13-15,19H2,1-2H3,(H,31,33). The normalized spacial score (nSPS) is 11.7. The van der Waals surface area contributed by atoms with Gasteiger partial charge in [-0.25, -0.2) is 4.98 Å². The molecule has 0 aliphatic rings. The molecule has 6 heteroatoms. The maximum atomic E-state index is 6.27. The van der Waals surface area contributed by atoms with E-state index >= 15 is 0 Å². The third-order valence-electron chi connectivity index (χ3n) is 6.50. The van der Waals surface area contributed by atoms with E-state index in [1.54, 1.807) is 7.11 Å². The molecule has 0 bridgehead atoms. The molecule has 0 spiro atoms. The van der Waals surface area contributed by atoms with Gasteiger partial charge in [0.05, 0.1) is 23.8 Å². The third-order valence-corrected chi connectivity index (χ3v) is 6.74. The summed E-state index contributed by atoms with van der Waals surface area (Å²) in [6, 6.07) is 20.4. The molecule has 3 aromatic carbocycles. The first-order valence-electron chi connectivity index (χ1n) is 12.2. The monoisotopic (exact) mass is 486 g/mol. The van der Waals surface area contributed by atoms with Crippen molar-refractivity contribution in [2.45, 2.75) is 26.3 Å². The zero-order chi connectivity index (χ0) is 24.2. The van der Waals surface area contributed by atoms with Gasteiger partial charge in [-0.2, -0.15) is 0 Å². The summed E-state index contributed by atoms with van der Waals surface area (Å²) in [6.45, 7) is 6.16. The van der Waals surface area contributed by atoms with Crippen LogP contribution in [0.25, 0.3) is 32.7 Å². The average Bonchev–Trinajstić information content (AvgIpc) is 3.28. The van der Waals surface area contributed by atoms with E-state index < -0.39 is 0 Å². The largest absolute Gasteiger partial charge is 0.497 e. The molecule has 2 aromatic heterocycles. The number of para-hydroxylation sites is 1. The Morgan fingerprint density at radius 3 is 2.71 bits per heavy atom. The second-order valence-corrected chi connectivity index (χ2v) is 9.38. The molecule has 0 fully saturated rings. The Morgan fingerprint density at radius 1 is 0.971 bits per heavy atom. The van der Waals surface area contributed by atoms with Gasteiger partial charge in [0.1, 0.15) is 5.75 Å². The van der Waals surface area contributed by atoms with E-state index in [0.29, 0.717) is 5.02 Å². The Labute approximate surface area is 211 Å². The number of pyridine rings is 1. The zero-order valence-electron chi connectivity index (χ0n) is 20.3. The lowest BCUT2D eigenvalue weighted by Gasteiger charge is -2.22. The number of rotatable bonds is 10. The van der Waals surface area contributed by atoms with Crippen LogP contribution in [0.1, 0.15) is 25.3 Å². The van der Waals surface area contributed by atoms with E-state index in [-0.39, 0.29) is 0 Å². The van der Waals surface area contributed by atoms with Gasteiger partial charge in [-0.05, 0) is 67.4 Å². The highest BCUT2D eigenvalue weighted by Gasteiger charge is 2.12. The van der Waals surface area contributed by atoms with Crippen LogP contribution >= 0.6 is 11.6 Å². The number of benzene rings is 3. The minimum Gasteiger partial charge on any atom is -0.497 e. The van der Waals surface area contributed by atoms with Crippen molar-refractivity contribution in [1.29, 1.82) is 0 Å². The Balaban J connectivity index is 1.33. The van der Waals surface area contributed by atoms with Crippen LogP contribution in [0.4, 0.5) is 5.69 Å². The second kappa shape index (κ2) is 10.5. The number of anilines is 1. The SMILES string of the molecule is CCCN(CCCNc1c2ccc(Cl)cc2nc2ccc(OC)cc12)Cc1c[nH]c2ccccc12. The lowest BCUT2D eigenvalue weighted by Crippen LogP contribution is -2.26. The maximum Gasteiger partial charge on any atom is 0.119 e. The number of nitrogens with one attached hydrogen (secondary N) is 2. The molecule has 0 atom stereocenters. The summed E-state index contributed by atoms with van der Waals surface area (Å²) in [5.41, 5.74) is 5.46. The van der Waals surface area contributed by atoms with Crippen LogP contribution in [0.2, 0.25) is 5.02 Å². The fraction of sp³-hybridized carbons (Fsp3) is 0.276. The van der Waals surface area contributed by atoms with Crippen molar-refractivity contribution in [2.75, 3.05) is 32.1 Å². The van der Waals surface area contributed by atoms with Crippen molar-refractivity contribution in [3.05, 3.63) is 77.4 Å². The molecule has 0 amide bonds. The highest BCUT2D eigenvalue weighted by Crippen LogP contribution is 2.34. The maximum absolute atomic E-state index is 6.27. The molecule has 35 heavy (non-hydrogen) atoms. The van der Waals surface area contributed by atoms with Crippen molar-refractivity contribution in [1.82, 2.24) is 14.9 Å². The van der Waals surface area contributed by atoms with E-state index in [9.17, 15) is 0 Å². The zero-order valence-corrected chi connectivity index (χ0v) is 21.0. The molecule has 0 aliphatic heterocycles. The number of H-pyrrole nitrogens is 1. The lowest BCUT2D eigenvalue weighted by atomic mass is 10.1. The van der Waals surface area contributed by atoms with Gasteiger partial charge in [-0.1, -0.05) is 36.7 Å². The van der Waals surface area contributed by atoms with Gasteiger partial charge in [0.15, 0.2) is 0 Å². The van der Waals surface area contributed by atoms with Crippen LogP contribution in [0.3, 0.4) is 0 Å². The lowest BCUT2D eigenvalue weighted by molar-refractivity contribution is 0.266. The predicted octanol–water partition coefficient (Wildman–Crippen LogP) is 7.25. The molecule has 2 N–H and O–H groups in total. The number of nitrogens with zero attached hydrogens (tertiary/aromatic N) is 2. The first kappa shape index (κ1) is 23.5. The van der Waals surface area contributed by atoms with Crippen LogP contribution in [-0.2, 0) is 6.54 Å². The minimum absolute atomic E-state index is 0.691. The number of ether oxygens (including phenoxy) is 1. The van der Waals surface area contributed by atoms with Crippen molar-refractivity contribution in [2.24, 2.45) is 0 Å². The van der Waals surface area contributed by atoms with E-state index in [2.05, 4.69) is 58.7 Å². The molecule has 0 aliphatic carbocycles. The van der Waals surface area contributed by atoms with Crippen molar-refractivity contribution in [3.63, 3.8) is 0 Å².